The van der Waals surface area contributed by atoms with Gasteiger partial charge in [0, 0.05) is 10.7 Å². The van der Waals surface area contributed by atoms with E-state index in [2.05, 4.69) is 26.2 Å². The molecule has 4 nitrogen and oxygen atoms in total. The second kappa shape index (κ2) is 4.71. The van der Waals surface area contributed by atoms with Gasteiger partial charge in [-0.2, -0.15) is 0 Å². The molecule has 0 radical (unpaired) electrons. The normalized spacial score (nSPS) is 10.3. The number of anilines is 1. The third-order valence-corrected chi connectivity index (χ3v) is 2.81. The van der Waals surface area contributed by atoms with Gasteiger partial charge in [0.1, 0.15) is 11.6 Å². The van der Waals surface area contributed by atoms with E-state index in [0.29, 0.717) is 17.1 Å². The maximum Gasteiger partial charge on any atom is 0.260 e. The molecule has 0 saturated heterocycles. The minimum Gasteiger partial charge on any atom is -0.469 e. The van der Waals surface area contributed by atoms with Gasteiger partial charge in [0.25, 0.3) is 5.91 Å². The number of amides is 1. The number of pyridine rings is 1. The Morgan fingerprint density at radius 1 is 1.47 bits per heavy atom. The molecule has 0 spiro atoms. The van der Waals surface area contributed by atoms with Crippen LogP contribution >= 0.6 is 15.9 Å². The highest BCUT2D eigenvalue weighted by Gasteiger charge is 2.13. The number of aromatic nitrogens is 1. The highest BCUT2D eigenvalue weighted by molar-refractivity contribution is 9.10. The first-order valence-electron chi connectivity index (χ1n) is 5.05. The fourth-order valence-corrected chi connectivity index (χ4v) is 1.91. The van der Waals surface area contributed by atoms with E-state index in [0.717, 1.165) is 10.0 Å². The van der Waals surface area contributed by atoms with Crippen LogP contribution in [0, 0.1) is 13.8 Å². The molecule has 0 atom stereocenters. The summed E-state index contributed by atoms with van der Waals surface area (Å²) in [4.78, 5) is 16.1. The zero-order valence-corrected chi connectivity index (χ0v) is 11.0. The summed E-state index contributed by atoms with van der Waals surface area (Å²) in [5.74, 6) is 0.935. The van der Waals surface area contributed by atoms with E-state index in [1.54, 1.807) is 19.2 Å². The van der Waals surface area contributed by atoms with Gasteiger partial charge in [0.15, 0.2) is 0 Å². The van der Waals surface area contributed by atoms with Crippen LogP contribution in [0.1, 0.15) is 21.7 Å². The second-order valence-corrected chi connectivity index (χ2v) is 4.58. The van der Waals surface area contributed by atoms with Crippen molar-refractivity contribution in [1.29, 1.82) is 0 Å². The van der Waals surface area contributed by atoms with E-state index >= 15 is 0 Å². The molecule has 0 saturated carbocycles. The number of nitrogens with one attached hydrogen (secondary N) is 1. The number of halogens is 1. The average molecular weight is 295 g/mol. The molecule has 5 heteroatoms. The standard InChI is InChI=1S/C12H11BrN2O2/c1-7-5-9(13)6-14-11(7)15-12(16)10-3-4-17-8(10)2/h3-6H,1-2H3,(H,14,15,16). The Kier molecular flexibility index (Phi) is 3.28. The lowest BCUT2D eigenvalue weighted by atomic mass is 10.2. The maximum absolute atomic E-state index is 11.9. The average Bonchev–Trinajstić information content (AvgIpc) is 2.68. The number of aryl methyl sites for hydroxylation is 2. The third-order valence-electron chi connectivity index (χ3n) is 2.38. The first-order chi connectivity index (χ1) is 8.08. The van der Waals surface area contributed by atoms with Crippen LogP contribution in [0.4, 0.5) is 5.82 Å². The van der Waals surface area contributed by atoms with Crippen LogP contribution in [0.5, 0.6) is 0 Å². The minimum atomic E-state index is -0.214. The summed E-state index contributed by atoms with van der Waals surface area (Å²) in [7, 11) is 0. The Hall–Kier alpha value is -1.62. The Balaban J connectivity index is 2.22. The topological polar surface area (TPSA) is 55.1 Å². The van der Waals surface area contributed by atoms with Gasteiger partial charge < -0.3 is 9.73 Å². The smallest absolute Gasteiger partial charge is 0.260 e. The van der Waals surface area contributed by atoms with Crippen LogP contribution < -0.4 is 5.32 Å². The van der Waals surface area contributed by atoms with Crippen molar-refractivity contribution >= 4 is 27.7 Å². The Morgan fingerprint density at radius 2 is 2.24 bits per heavy atom. The summed E-state index contributed by atoms with van der Waals surface area (Å²) in [6, 6.07) is 3.53. The van der Waals surface area contributed by atoms with Crippen molar-refractivity contribution in [2.75, 3.05) is 5.32 Å². The number of nitrogens with zero attached hydrogens (tertiary/aromatic N) is 1. The molecule has 0 aliphatic carbocycles. The van der Waals surface area contributed by atoms with E-state index in [1.807, 2.05) is 13.0 Å². The number of furan rings is 1. The lowest BCUT2D eigenvalue weighted by Gasteiger charge is -2.06. The zero-order chi connectivity index (χ0) is 12.4. The molecule has 2 heterocycles. The molecule has 88 valence electrons. The van der Waals surface area contributed by atoms with Gasteiger partial charge in [0.2, 0.25) is 0 Å². The maximum atomic E-state index is 11.9. The van der Waals surface area contributed by atoms with Gasteiger partial charge in [-0.25, -0.2) is 4.98 Å². The number of hydrogen-bond donors (Lipinski definition) is 1. The Morgan fingerprint density at radius 3 is 2.82 bits per heavy atom. The van der Waals surface area contributed by atoms with Gasteiger partial charge in [-0.3, -0.25) is 4.79 Å². The van der Waals surface area contributed by atoms with Gasteiger partial charge in [-0.15, -0.1) is 0 Å². The molecule has 0 aliphatic heterocycles. The van der Waals surface area contributed by atoms with Gasteiger partial charge >= 0.3 is 0 Å². The van der Waals surface area contributed by atoms with Crippen molar-refractivity contribution in [2.24, 2.45) is 0 Å². The molecule has 1 N–H and O–H groups in total. The largest absolute Gasteiger partial charge is 0.469 e. The van der Waals surface area contributed by atoms with Crippen molar-refractivity contribution in [1.82, 2.24) is 4.98 Å². The molecule has 1 amide bonds. The first kappa shape index (κ1) is 11.9. The zero-order valence-electron chi connectivity index (χ0n) is 9.45. The summed E-state index contributed by atoms with van der Waals surface area (Å²) in [6.45, 7) is 3.63. The Labute approximate surface area is 107 Å². The number of rotatable bonds is 2. The van der Waals surface area contributed by atoms with Gasteiger partial charge in [-0.1, -0.05) is 0 Å². The molecular formula is C12H11BrN2O2. The lowest BCUT2D eigenvalue weighted by molar-refractivity contribution is 0.102. The van der Waals surface area contributed by atoms with Crippen molar-refractivity contribution in [2.45, 2.75) is 13.8 Å². The molecule has 0 unspecified atom stereocenters. The summed E-state index contributed by atoms with van der Waals surface area (Å²) < 4.78 is 5.97. The van der Waals surface area contributed by atoms with E-state index in [1.165, 1.54) is 6.26 Å². The number of hydrogen-bond acceptors (Lipinski definition) is 3. The predicted molar refractivity (Wildman–Crippen MR) is 68.1 cm³/mol. The van der Waals surface area contributed by atoms with Gasteiger partial charge in [0.05, 0.1) is 11.8 Å². The quantitative estimate of drug-likeness (QED) is 0.924. The number of carbonyl (C=O) groups is 1. The molecular weight excluding hydrogens is 284 g/mol. The first-order valence-corrected chi connectivity index (χ1v) is 5.85. The van der Waals surface area contributed by atoms with Crippen molar-refractivity contribution in [3.63, 3.8) is 0 Å². The summed E-state index contributed by atoms with van der Waals surface area (Å²) in [6.07, 6.45) is 3.14. The lowest BCUT2D eigenvalue weighted by Crippen LogP contribution is -2.14. The third kappa shape index (κ3) is 2.55. The SMILES string of the molecule is Cc1cc(Br)cnc1NC(=O)c1ccoc1C. The molecule has 0 fully saturated rings. The van der Waals surface area contributed by atoms with E-state index in [9.17, 15) is 4.79 Å². The van der Waals surface area contributed by atoms with Crippen LogP contribution in [-0.4, -0.2) is 10.9 Å². The van der Waals surface area contributed by atoms with Crippen molar-refractivity contribution < 1.29 is 9.21 Å². The van der Waals surface area contributed by atoms with Crippen LogP contribution in [0.25, 0.3) is 0 Å². The summed E-state index contributed by atoms with van der Waals surface area (Å²) in [5, 5.41) is 2.75. The minimum absolute atomic E-state index is 0.214. The van der Waals surface area contributed by atoms with Crippen LogP contribution in [0.2, 0.25) is 0 Å². The monoisotopic (exact) mass is 294 g/mol. The fraction of sp³-hybridized carbons (Fsp3) is 0.167. The molecule has 2 aromatic heterocycles. The fourth-order valence-electron chi connectivity index (χ4n) is 1.47. The van der Waals surface area contributed by atoms with Crippen molar-refractivity contribution in [3.8, 4) is 0 Å². The molecule has 2 rings (SSSR count). The van der Waals surface area contributed by atoms with Crippen LogP contribution in [0.3, 0.4) is 0 Å². The summed E-state index contributed by atoms with van der Waals surface area (Å²) in [5.41, 5.74) is 1.42. The molecule has 0 bridgehead atoms. The molecule has 2 aromatic rings. The predicted octanol–water partition coefficient (Wildman–Crippen LogP) is 3.31. The van der Waals surface area contributed by atoms with E-state index in [-0.39, 0.29) is 5.91 Å². The highest BCUT2D eigenvalue weighted by Crippen LogP contribution is 2.18. The van der Waals surface area contributed by atoms with Gasteiger partial charge in [-0.05, 0) is 47.5 Å². The highest BCUT2D eigenvalue weighted by atomic mass is 79.9. The molecule has 17 heavy (non-hydrogen) atoms. The van der Waals surface area contributed by atoms with Crippen molar-refractivity contribution in [3.05, 3.63) is 46.0 Å². The molecule has 0 aliphatic rings. The van der Waals surface area contributed by atoms with E-state index < -0.39 is 0 Å². The summed E-state index contributed by atoms with van der Waals surface area (Å²) >= 11 is 3.32. The van der Waals surface area contributed by atoms with Crippen LogP contribution in [-0.2, 0) is 0 Å². The number of carbonyl (C=O) groups excluding carboxylic acids is 1. The van der Waals surface area contributed by atoms with Crippen LogP contribution in [0.15, 0.2) is 33.5 Å². The Bertz CT molecular complexity index is 563. The second-order valence-electron chi connectivity index (χ2n) is 3.66. The van der Waals surface area contributed by atoms with E-state index in [4.69, 9.17) is 4.42 Å². The molecule has 0 aromatic carbocycles.